The molecule has 0 bridgehead atoms. The number of halogens is 2. The molecule has 1 aromatic heterocycles. The number of aryl methyl sites for hydroxylation is 1. The maximum absolute atomic E-state index is 13.1. The maximum atomic E-state index is 13.1. The van der Waals surface area contributed by atoms with E-state index in [4.69, 9.17) is 11.6 Å². The number of thiophene rings is 1. The zero-order valence-electron chi connectivity index (χ0n) is 13.5. The van der Waals surface area contributed by atoms with Crippen molar-refractivity contribution in [3.05, 3.63) is 51.1 Å². The second-order valence-corrected chi connectivity index (χ2v) is 8.29. The summed E-state index contributed by atoms with van der Waals surface area (Å²) in [6.45, 7) is 3.34. The van der Waals surface area contributed by atoms with E-state index < -0.39 is 11.7 Å². The summed E-state index contributed by atoms with van der Waals surface area (Å²) < 4.78 is 13.1. The number of amides is 2. The molecule has 132 valence electrons. The zero-order chi connectivity index (χ0) is 18.0. The van der Waals surface area contributed by atoms with Gasteiger partial charge >= 0.3 is 0 Å². The highest BCUT2D eigenvalue weighted by molar-refractivity contribution is 7.99. The van der Waals surface area contributed by atoms with Crippen LogP contribution in [0.5, 0.6) is 0 Å². The molecule has 0 aliphatic carbocycles. The molecule has 25 heavy (non-hydrogen) atoms. The van der Waals surface area contributed by atoms with Crippen LogP contribution in [0.25, 0.3) is 0 Å². The van der Waals surface area contributed by atoms with Crippen LogP contribution in [0.4, 0.5) is 9.39 Å². The molecule has 8 heteroatoms. The van der Waals surface area contributed by atoms with Crippen LogP contribution < -0.4 is 5.32 Å². The van der Waals surface area contributed by atoms with E-state index in [1.165, 1.54) is 23.5 Å². The lowest BCUT2D eigenvalue weighted by Gasteiger charge is -2.26. The molecule has 1 fully saturated rings. The topological polar surface area (TPSA) is 49.4 Å². The van der Waals surface area contributed by atoms with Crippen molar-refractivity contribution in [2.75, 3.05) is 29.9 Å². The van der Waals surface area contributed by atoms with Crippen LogP contribution in [0.2, 0.25) is 5.02 Å². The van der Waals surface area contributed by atoms with Crippen LogP contribution in [0, 0.1) is 12.7 Å². The minimum absolute atomic E-state index is 0.00288. The molecule has 0 radical (unpaired) electrons. The van der Waals surface area contributed by atoms with Crippen molar-refractivity contribution in [2.45, 2.75) is 6.92 Å². The molecule has 0 spiro atoms. The Morgan fingerprint density at radius 1 is 1.24 bits per heavy atom. The van der Waals surface area contributed by atoms with Gasteiger partial charge in [0.05, 0.1) is 20.5 Å². The highest BCUT2D eigenvalue weighted by Gasteiger charge is 2.23. The number of thioether (sulfide) groups is 1. The van der Waals surface area contributed by atoms with Crippen molar-refractivity contribution in [1.29, 1.82) is 0 Å². The minimum atomic E-state index is -0.499. The molecule has 2 aromatic rings. The normalized spacial score (nSPS) is 14.4. The van der Waals surface area contributed by atoms with Crippen LogP contribution in [0.3, 0.4) is 0 Å². The van der Waals surface area contributed by atoms with E-state index >= 15 is 0 Å². The first-order valence-corrected chi connectivity index (χ1v) is 10.0. The number of hydrogen-bond donors (Lipinski definition) is 1. The van der Waals surface area contributed by atoms with Gasteiger partial charge in [0.2, 0.25) is 0 Å². The Bertz CT molecular complexity index is 819. The standard InChI is InChI=1S/C17H16ClFN2O2S2/c1-10-8-14(20-16(22)12-3-2-11(19)9-13(12)18)25-15(10)17(23)21-4-6-24-7-5-21/h2-3,8-9H,4-7H2,1H3,(H,20,22). The van der Waals surface area contributed by atoms with Gasteiger partial charge in [-0.25, -0.2) is 4.39 Å². The fourth-order valence-corrected chi connectivity index (χ4v) is 4.71. The molecule has 1 N–H and O–H groups in total. The Balaban J connectivity index is 1.75. The summed E-state index contributed by atoms with van der Waals surface area (Å²) in [7, 11) is 0. The van der Waals surface area contributed by atoms with Gasteiger partial charge in [0.25, 0.3) is 11.8 Å². The average molecular weight is 399 g/mol. The molecule has 1 aliphatic rings. The van der Waals surface area contributed by atoms with Gasteiger partial charge in [-0.3, -0.25) is 9.59 Å². The molecule has 2 heterocycles. The summed E-state index contributed by atoms with van der Waals surface area (Å²) in [5.74, 6) is 0.967. The molecule has 2 amide bonds. The van der Waals surface area contributed by atoms with Gasteiger partial charge < -0.3 is 10.2 Å². The van der Waals surface area contributed by atoms with Gasteiger partial charge in [-0.2, -0.15) is 11.8 Å². The molecule has 0 saturated carbocycles. The SMILES string of the molecule is Cc1cc(NC(=O)c2ccc(F)cc2Cl)sc1C(=O)N1CCSCC1. The highest BCUT2D eigenvalue weighted by atomic mass is 35.5. The maximum Gasteiger partial charge on any atom is 0.264 e. The first-order valence-electron chi connectivity index (χ1n) is 7.69. The van der Waals surface area contributed by atoms with Gasteiger partial charge in [0, 0.05) is 24.6 Å². The second kappa shape index (κ2) is 7.76. The molecule has 1 aromatic carbocycles. The van der Waals surface area contributed by atoms with Crippen LogP contribution in [-0.2, 0) is 0 Å². The highest BCUT2D eigenvalue weighted by Crippen LogP contribution is 2.29. The predicted molar refractivity (Wildman–Crippen MR) is 102 cm³/mol. The summed E-state index contributed by atoms with van der Waals surface area (Å²) in [6, 6.07) is 5.39. The predicted octanol–water partition coefficient (Wildman–Crippen LogP) is 4.29. The van der Waals surface area contributed by atoms with Gasteiger partial charge in [-0.05, 0) is 36.8 Å². The third-order valence-corrected chi connectivity index (χ3v) is 6.22. The van der Waals surface area contributed by atoms with E-state index in [1.807, 2.05) is 23.6 Å². The fraction of sp³-hybridized carbons (Fsp3) is 0.294. The molecule has 0 atom stereocenters. The summed E-state index contributed by atoms with van der Waals surface area (Å²) in [5.41, 5.74) is 1.02. The van der Waals surface area contributed by atoms with E-state index in [2.05, 4.69) is 5.32 Å². The van der Waals surface area contributed by atoms with Crippen LogP contribution in [-0.4, -0.2) is 41.3 Å². The van der Waals surface area contributed by atoms with Gasteiger partial charge in [-0.15, -0.1) is 11.3 Å². The molecule has 4 nitrogen and oxygen atoms in total. The summed E-state index contributed by atoms with van der Waals surface area (Å²) in [4.78, 5) is 27.4. The Labute approximate surface area is 158 Å². The second-order valence-electron chi connectivity index (χ2n) is 5.61. The van der Waals surface area contributed by atoms with Crippen molar-refractivity contribution in [3.63, 3.8) is 0 Å². The monoisotopic (exact) mass is 398 g/mol. The Kier molecular flexibility index (Phi) is 5.66. The molecule has 0 unspecified atom stereocenters. The lowest BCUT2D eigenvalue weighted by molar-refractivity contribution is 0.0776. The number of anilines is 1. The Morgan fingerprint density at radius 3 is 2.64 bits per heavy atom. The van der Waals surface area contributed by atoms with E-state index in [9.17, 15) is 14.0 Å². The third-order valence-electron chi connectivity index (χ3n) is 3.82. The number of nitrogens with one attached hydrogen (secondary N) is 1. The quantitative estimate of drug-likeness (QED) is 0.839. The number of rotatable bonds is 3. The van der Waals surface area contributed by atoms with Crippen molar-refractivity contribution >= 4 is 51.5 Å². The molecular formula is C17H16ClFN2O2S2. The molecule has 3 rings (SSSR count). The van der Waals surface area contributed by atoms with Crippen LogP contribution in [0.15, 0.2) is 24.3 Å². The summed E-state index contributed by atoms with van der Waals surface area (Å²) in [6.07, 6.45) is 0. The number of carbonyl (C=O) groups is 2. The first kappa shape index (κ1) is 18.2. The van der Waals surface area contributed by atoms with Crippen LogP contribution in [0.1, 0.15) is 25.6 Å². The Morgan fingerprint density at radius 2 is 1.96 bits per heavy atom. The number of carbonyl (C=O) groups excluding carboxylic acids is 2. The minimum Gasteiger partial charge on any atom is -0.336 e. The lowest BCUT2D eigenvalue weighted by atomic mass is 10.2. The van der Waals surface area contributed by atoms with Gasteiger partial charge in [-0.1, -0.05) is 11.6 Å². The third kappa shape index (κ3) is 4.16. The smallest absolute Gasteiger partial charge is 0.264 e. The largest absolute Gasteiger partial charge is 0.336 e. The number of nitrogens with zero attached hydrogens (tertiary/aromatic N) is 1. The average Bonchev–Trinajstić information content (AvgIpc) is 2.95. The first-order chi connectivity index (χ1) is 12.0. The fourth-order valence-electron chi connectivity index (χ4n) is 2.52. The summed E-state index contributed by atoms with van der Waals surface area (Å²) >= 11 is 9.01. The van der Waals surface area contributed by atoms with E-state index in [-0.39, 0.29) is 16.5 Å². The summed E-state index contributed by atoms with van der Waals surface area (Å²) in [5, 5.41) is 3.35. The van der Waals surface area contributed by atoms with Crippen molar-refractivity contribution in [1.82, 2.24) is 4.90 Å². The molecular weight excluding hydrogens is 383 g/mol. The van der Waals surface area contributed by atoms with E-state index in [0.29, 0.717) is 9.88 Å². The van der Waals surface area contributed by atoms with Gasteiger partial charge in [0.15, 0.2) is 0 Å². The number of benzene rings is 1. The molecule has 1 saturated heterocycles. The van der Waals surface area contributed by atoms with E-state index in [0.717, 1.165) is 36.2 Å². The zero-order valence-corrected chi connectivity index (χ0v) is 15.9. The van der Waals surface area contributed by atoms with Crippen molar-refractivity contribution in [3.8, 4) is 0 Å². The number of hydrogen-bond acceptors (Lipinski definition) is 4. The van der Waals surface area contributed by atoms with Gasteiger partial charge in [0.1, 0.15) is 5.82 Å². The Hall–Kier alpha value is -1.57. The van der Waals surface area contributed by atoms with Crippen LogP contribution >= 0.6 is 34.7 Å². The van der Waals surface area contributed by atoms with E-state index in [1.54, 1.807) is 6.07 Å². The van der Waals surface area contributed by atoms with Crippen molar-refractivity contribution in [2.24, 2.45) is 0 Å². The molecule has 1 aliphatic heterocycles. The lowest BCUT2D eigenvalue weighted by Crippen LogP contribution is -2.37. The van der Waals surface area contributed by atoms with Crippen molar-refractivity contribution < 1.29 is 14.0 Å².